The Labute approximate surface area is 118 Å². The van der Waals surface area contributed by atoms with Gasteiger partial charge in [-0.25, -0.2) is 0 Å². The zero-order valence-electron chi connectivity index (χ0n) is 12.0. The van der Waals surface area contributed by atoms with Crippen LogP contribution in [-0.2, 0) is 0 Å². The molecule has 1 aromatic heterocycles. The number of benzene rings is 1. The van der Waals surface area contributed by atoms with Crippen LogP contribution in [0.4, 0.5) is 0 Å². The molecule has 2 rings (SSSR count). The van der Waals surface area contributed by atoms with Gasteiger partial charge in [0.2, 0.25) is 0 Å². The molecule has 0 bridgehead atoms. The summed E-state index contributed by atoms with van der Waals surface area (Å²) < 4.78 is 0. The van der Waals surface area contributed by atoms with E-state index in [1.54, 1.807) is 18.2 Å². The fourth-order valence-electron chi connectivity index (χ4n) is 2.13. The van der Waals surface area contributed by atoms with Crippen molar-refractivity contribution < 1.29 is 4.79 Å². The second-order valence-electron chi connectivity index (χ2n) is 4.66. The van der Waals surface area contributed by atoms with Crippen molar-refractivity contribution in [2.24, 2.45) is 0 Å². The molecule has 0 aliphatic heterocycles. The van der Waals surface area contributed by atoms with Crippen molar-refractivity contribution in [3.8, 4) is 0 Å². The van der Waals surface area contributed by atoms with Gasteiger partial charge < -0.3 is 10.2 Å². The molecule has 0 aliphatic carbocycles. The highest BCUT2D eigenvalue weighted by Gasteiger charge is 2.07. The van der Waals surface area contributed by atoms with E-state index in [0.717, 1.165) is 31.6 Å². The fraction of sp³-hybridized carbons (Fsp3) is 0.500. The van der Waals surface area contributed by atoms with Crippen LogP contribution in [0.3, 0.4) is 0 Å². The Morgan fingerprint density at radius 1 is 1.25 bits per heavy atom. The monoisotopic (exact) mass is 275 g/mol. The first-order chi connectivity index (χ1) is 9.74. The number of aromatic amines is 1. The summed E-state index contributed by atoms with van der Waals surface area (Å²) >= 11 is 0. The largest absolute Gasteiger partial charge is 0.352 e. The first-order valence-corrected chi connectivity index (χ1v) is 7.05. The lowest BCUT2D eigenvalue weighted by atomic mass is 10.2. The Morgan fingerprint density at radius 2 is 2.00 bits per heavy atom. The highest BCUT2D eigenvalue weighted by Crippen LogP contribution is 2.10. The van der Waals surface area contributed by atoms with E-state index in [1.165, 1.54) is 0 Å². The molecular formula is C14H21N5O. The number of carbonyl (C=O) groups excluding carboxylic acids is 1. The maximum Gasteiger partial charge on any atom is 0.251 e. The number of nitrogens with one attached hydrogen (secondary N) is 2. The van der Waals surface area contributed by atoms with Crippen LogP contribution in [0.25, 0.3) is 11.0 Å². The van der Waals surface area contributed by atoms with E-state index in [9.17, 15) is 4.79 Å². The van der Waals surface area contributed by atoms with Crippen LogP contribution in [0, 0.1) is 0 Å². The van der Waals surface area contributed by atoms with Gasteiger partial charge in [0, 0.05) is 12.1 Å². The van der Waals surface area contributed by atoms with Crippen molar-refractivity contribution >= 4 is 16.9 Å². The van der Waals surface area contributed by atoms with E-state index in [-0.39, 0.29) is 5.91 Å². The van der Waals surface area contributed by atoms with Crippen molar-refractivity contribution in [1.29, 1.82) is 0 Å². The zero-order valence-corrected chi connectivity index (χ0v) is 12.0. The van der Waals surface area contributed by atoms with Gasteiger partial charge in [-0.05, 0) is 44.3 Å². The van der Waals surface area contributed by atoms with Crippen LogP contribution in [0.5, 0.6) is 0 Å². The maximum absolute atomic E-state index is 12.0. The van der Waals surface area contributed by atoms with Crippen LogP contribution < -0.4 is 5.32 Å². The topological polar surface area (TPSA) is 73.9 Å². The third kappa shape index (κ3) is 3.54. The normalized spacial score (nSPS) is 11.2. The third-order valence-electron chi connectivity index (χ3n) is 3.41. The highest BCUT2D eigenvalue weighted by molar-refractivity contribution is 5.97. The first kappa shape index (κ1) is 14.5. The Morgan fingerprint density at radius 3 is 2.75 bits per heavy atom. The lowest BCUT2D eigenvalue weighted by molar-refractivity contribution is 0.0952. The smallest absolute Gasteiger partial charge is 0.251 e. The van der Waals surface area contributed by atoms with E-state index in [0.29, 0.717) is 17.6 Å². The van der Waals surface area contributed by atoms with Crippen LogP contribution in [0.2, 0.25) is 0 Å². The summed E-state index contributed by atoms with van der Waals surface area (Å²) in [5.74, 6) is -0.0607. The Hall–Kier alpha value is -1.95. The quantitative estimate of drug-likeness (QED) is 0.749. The minimum atomic E-state index is -0.0607. The van der Waals surface area contributed by atoms with Crippen molar-refractivity contribution in [1.82, 2.24) is 25.6 Å². The molecule has 108 valence electrons. The molecule has 6 heteroatoms. The molecule has 0 radical (unpaired) electrons. The summed E-state index contributed by atoms with van der Waals surface area (Å²) in [5.41, 5.74) is 2.10. The maximum atomic E-state index is 12.0. The average molecular weight is 275 g/mol. The molecule has 1 heterocycles. The minimum absolute atomic E-state index is 0.0607. The number of hydrogen-bond acceptors (Lipinski definition) is 4. The summed E-state index contributed by atoms with van der Waals surface area (Å²) in [6.07, 6.45) is 0.958. The number of aromatic nitrogens is 3. The molecular weight excluding hydrogens is 254 g/mol. The molecule has 0 saturated heterocycles. The van der Waals surface area contributed by atoms with Gasteiger partial charge in [-0.1, -0.05) is 13.8 Å². The van der Waals surface area contributed by atoms with E-state index in [1.807, 2.05) is 0 Å². The molecule has 1 amide bonds. The first-order valence-electron chi connectivity index (χ1n) is 7.05. The van der Waals surface area contributed by atoms with Crippen LogP contribution >= 0.6 is 0 Å². The molecule has 2 aromatic rings. The van der Waals surface area contributed by atoms with E-state index in [4.69, 9.17) is 0 Å². The number of nitrogens with zero attached hydrogens (tertiary/aromatic N) is 3. The number of rotatable bonds is 7. The van der Waals surface area contributed by atoms with Gasteiger partial charge in [-0.2, -0.15) is 15.4 Å². The van der Waals surface area contributed by atoms with Gasteiger partial charge in [0.15, 0.2) is 0 Å². The van der Waals surface area contributed by atoms with Crippen LogP contribution in [0.1, 0.15) is 30.6 Å². The van der Waals surface area contributed by atoms with Gasteiger partial charge in [0.1, 0.15) is 11.0 Å². The van der Waals surface area contributed by atoms with Crippen molar-refractivity contribution in [2.75, 3.05) is 26.2 Å². The molecule has 6 nitrogen and oxygen atoms in total. The van der Waals surface area contributed by atoms with E-state index in [2.05, 4.69) is 39.5 Å². The highest BCUT2D eigenvalue weighted by atomic mass is 16.1. The average Bonchev–Trinajstić information content (AvgIpc) is 2.94. The third-order valence-corrected chi connectivity index (χ3v) is 3.41. The summed E-state index contributed by atoms with van der Waals surface area (Å²) in [5, 5.41) is 13.4. The Bertz CT molecular complexity index is 561. The second kappa shape index (κ2) is 7.00. The lowest BCUT2D eigenvalue weighted by Crippen LogP contribution is -2.29. The lowest BCUT2D eigenvalue weighted by Gasteiger charge is -2.17. The summed E-state index contributed by atoms with van der Waals surface area (Å²) in [4.78, 5) is 14.4. The van der Waals surface area contributed by atoms with Crippen LogP contribution in [-0.4, -0.2) is 52.4 Å². The summed E-state index contributed by atoms with van der Waals surface area (Å²) in [6.45, 7) is 8.09. The van der Waals surface area contributed by atoms with Gasteiger partial charge in [0.25, 0.3) is 5.91 Å². The zero-order chi connectivity index (χ0) is 14.4. The van der Waals surface area contributed by atoms with Crippen molar-refractivity contribution in [3.05, 3.63) is 23.8 Å². The van der Waals surface area contributed by atoms with E-state index < -0.39 is 0 Å². The molecule has 0 unspecified atom stereocenters. The summed E-state index contributed by atoms with van der Waals surface area (Å²) in [6, 6.07) is 5.31. The SMILES string of the molecule is CCN(CC)CCCNC(=O)c1ccc2n[nH]nc2c1. The van der Waals surface area contributed by atoms with Gasteiger partial charge in [-0.15, -0.1) is 0 Å². The molecule has 0 aliphatic rings. The number of hydrogen-bond donors (Lipinski definition) is 2. The molecule has 0 atom stereocenters. The molecule has 20 heavy (non-hydrogen) atoms. The number of amides is 1. The number of H-pyrrole nitrogens is 1. The molecule has 2 N–H and O–H groups in total. The van der Waals surface area contributed by atoms with Crippen molar-refractivity contribution in [3.63, 3.8) is 0 Å². The van der Waals surface area contributed by atoms with Crippen molar-refractivity contribution in [2.45, 2.75) is 20.3 Å². The van der Waals surface area contributed by atoms with Crippen LogP contribution in [0.15, 0.2) is 18.2 Å². The molecule has 0 fully saturated rings. The number of fused-ring (bicyclic) bond motifs is 1. The fourth-order valence-corrected chi connectivity index (χ4v) is 2.13. The van der Waals surface area contributed by atoms with Gasteiger partial charge in [-0.3, -0.25) is 4.79 Å². The second-order valence-corrected chi connectivity index (χ2v) is 4.66. The van der Waals surface area contributed by atoms with Gasteiger partial charge in [0.05, 0.1) is 0 Å². The van der Waals surface area contributed by atoms with E-state index >= 15 is 0 Å². The number of carbonyl (C=O) groups is 1. The van der Waals surface area contributed by atoms with Gasteiger partial charge >= 0.3 is 0 Å². The minimum Gasteiger partial charge on any atom is -0.352 e. The molecule has 0 saturated carbocycles. The predicted molar refractivity (Wildman–Crippen MR) is 78.6 cm³/mol. The standard InChI is InChI=1S/C14H21N5O/c1-3-19(4-2)9-5-8-15-14(20)11-6-7-12-13(10-11)17-18-16-12/h6-7,10H,3-5,8-9H2,1-2H3,(H,15,20)(H,16,17,18). The Kier molecular flexibility index (Phi) is 5.06. The Balaban J connectivity index is 1.82. The summed E-state index contributed by atoms with van der Waals surface area (Å²) in [7, 11) is 0. The molecule has 0 spiro atoms. The molecule has 1 aromatic carbocycles. The predicted octanol–water partition coefficient (Wildman–Crippen LogP) is 1.42.